The van der Waals surface area contributed by atoms with E-state index in [0.717, 1.165) is 0 Å². The van der Waals surface area contributed by atoms with Gasteiger partial charge in [0.1, 0.15) is 18.1 Å². The number of hydrogen-bond donors (Lipinski definition) is 4. The van der Waals surface area contributed by atoms with Crippen LogP contribution in [0.15, 0.2) is 23.2 Å². The highest BCUT2D eigenvalue weighted by Crippen LogP contribution is 2.32. The van der Waals surface area contributed by atoms with Crippen LogP contribution >= 0.6 is 11.6 Å². The average molecular weight is 310 g/mol. The molecule has 0 radical (unpaired) electrons. The van der Waals surface area contributed by atoms with Gasteiger partial charge in [-0.2, -0.15) is 4.99 Å². The lowest BCUT2D eigenvalue weighted by molar-refractivity contribution is 0.0998. The van der Waals surface area contributed by atoms with E-state index in [9.17, 15) is 4.79 Å². The van der Waals surface area contributed by atoms with Gasteiger partial charge in [-0.25, -0.2) is 0 Å². The number of halogens is 1. The number of nitrogens with one attached hydrogen (secondary N) is 2. The number of carbonyl (C=O) groups excluding carboxylic acids is 1. The van der Waals surface area contributed by atoms with Gasteiger partial charge in [-0.15, -0.1) is 0 Å². The van der Waals surface area contributed by atoms with Gasteiger partial charge in [0.2, 0.25) is 0 Å². The summed E-state index contributed by atoms with van der Waals surface area (Å²) in [5, 5.41) is 3.76. The minimum atomic E-state index is -0.501. The highest BCUT2D eigenvalue weighted by atomic mass is 35.5. The molecule has 21 heavy (non-hydrogen) atoms. The minimum Gasteiger partial charge on any atom is -0.490 e. The van der Waals surface area contributed by atoms with Crippen LogP contribution in [0.3, 0.4) is 0 Å². The number of aromatic nitrogens is 1. The summed E-state index contributed by atoms with van der Waals surface area (Å²) in [6.07, 6.45) is 0. The molecule has 8 heteroatoms. The molecule has 2 rings (SSSR count). The van der Waals surface area contributed by atoms with Crippen LogP contribution in [0.1, 0.15) is 10.5 Å². The summed E-state index contributed by atoms with van der Waals surface area (Å²) in [6, 6.07) is 5.03. The van der Waals surface area contributed by atoms with E-state index in [1.54, 1.807) is 25.2 Å². The molecule has 0 atom stereocenters. The lowest BCUT2D eigenvalue weighted by atomic mass is 10.2. The molecular weight excluding hydrogens is 294 g/mol. The van der Waals surface area contributed by atoms with E-state index in [1.807, 2.05) is 0 Å². The third-order valence-corrected chi connectivity index (χ3v) is 3.12. The van der Waals surface area contributed by atoms with Gasteiger partial charge < -0.3 is 26.5 Å². The molecule has 1 aromatic carbocycles. The predicted octanol–water partition coefficient (Wildman–Crippen LogP) is 0.833. The third kappa shape index (κ3) is 3.26. The second kappa shape index (κ2) is 6.47. The van der Waals surface area contributed by atoms with Gasteiger partial charge in [0.25, 0.3) is 5.91 Å². The molecule has 0 aliphatic carbocycles. The zero-order valence-corrected chi connectivity index (χ0v) is 12.2. The number of benzene rings is 1. The summed E-state index contributed by atoms with van der Waals surface area (Å²) in [5.74, 6) is 0.104. The molecule has 0 bridgehead atoms. The highest BCUT2D eigenvalue weighted by molar-refractivity contribution is 6.35. The van der Waals surface area contributed by atoms with E-state index < -0.39 is 5.91 Å². The van der Waals surface area contributed by atoms with E-state index in [-0.39, 0.29) is 11.7 Å². The van der Waals surface area contributed by atoms with Crippen molar-refractivity contribution in [1.82, 2.24) is 10.3 Å². The number of aliphatic imine (C=N–C) groups is 1. The molecule has 0 saturated carbocycles. The van der Waals surface area contributed by atoms with Crippen LogP contribution in [0.4, 0.5) is 0 Å². The van der Waals surface area contributed by atoms with Gasteiger partial charge in [-0.1, -0.05) is 11.6 Å². The maximum absolute atomic E-state index is 12.0. The fourth-order valence-electron chi connectivity index (χ4n) is 1.79. The first-order valence-corrected chi connectivity index (χ1v) is 6.65. The van der Waals surface area contributed by atoms with Crippen molar-refractivity contribution >= 4 is 34.4 Å². The molecule has 7 nitrogen and oxygen atoms in total. The molecule has 0 unspecified atom stereocenters. The summed E-state index contributed by atoms with van der Waals surface area (Å²) in [6.45, 7) is 0.753. The third-order valence-electron chi connectivity index (χ3n) is 2.79. The lowest BCUT2D eigenvalue weighted by Crippen LogP contribution is -2.28. The first-order chi connectivity index (χ1) is 10.1. The molecule has 1 amide bonds. The number of nitrogens with zero attached hydrogens (tertiary/aromatic N) is 1. The van der Waals surface area contributed by atoms with E-state index in [4.69, 9.17) is 27.8 Å². The topological polar surface area (TPSA) is 119 Å². The van der Waals surface area contributed by atoms with E-state index in [2.05, 4.69) is 15.3 Å². The number of ether oxygens (including phenoxy) is 1. The number of rotatable bonds is 4. The van der Waals surface area contributed by atoms with Crippen molar-refractivity contribution in [3.63, 3.8) is 0 Å². The number of carbonyl (C=O) groups is 1. The first kappa shape index (κ1) is 15.1. The summed E-state index contributed by atoms with van der Waals surface area (Å²) in [7, 11) is 1.58. The Kier molecular flexibility index (Phi) is 4.66. The molecule has 0 saturated heterocycles. The second-order valence-corrected chi connectivity index (χ2v) is 4.61. The predicted molar refractivity (Wildman–Crippen MR) is 82.9 cm³/mol. The Morgan fingerprint density at radius 3 is 2.95 bits per heavy atom. The Morgan fingerprint density at radius 2 is 2.29 bits per heavy atom. The van der Waals surface area contributed by atoms with E-state index in [1.165, 1.54) is 0 Å². The van der Waals surface area contributed by atoms with Crippen molar-refractivity contribution in [2.75, 3.05) is 20.2 Å². The molecule has 1 aromatic heterocycles. The van der Waals surface area contributed by atoms with Crippen LogP contribution in [-0.2, 0) is 0 Å². The average Bonchev–Trinajstić information content (AvgIpc) is 2.92. The smallest absolute Gasteiger partial charge is 0.296 e. The van der Waals surface area contributed by atoms with Crippen molar-refractivity contribution in [1.29, 1.82) is 0 Å². The molecule has 0 aliphatic rings. The van der Waals surface area contributed by atoms with Crippen LogP contribution in [0.5, 0.6) is 5.75 Å². The van der Waals surface area contributed by atoms with Crippen LogP contribution in [0.25, 0.3) is 10.9 Å². The molecule has 0 aliphatic heterocycles. The van der Waals surface area contributed by atoms with Gasteiger partial charge >= 0.3 is 0 Å². The maximum Gasteiger partial charge on any atom is 0.296 e. The SMILES string of the molecule is CNC(N)=NC(=O)c1cc2c(Cl)ccc(OCCN)c2[nH]1. The zero-order valence-electron chi connectivity index (χ0n) is 11.4. The summed E-state index contributed by atoms with van der Waals surface area (Å²) < 4.78 is 5.52. The van der Waals surface area contributed by atoms with Crippen LogP contribution < -0.4 is 21.5 Å². The maximum atomic E-state index is 12.0. The van der Waals surface area contributed by atoms with Gasteiger partial charge in [-0.3, -0.25) is 4.79 Å². The number of H-pyrrole nitrogens is 1. The van der Waals surface area contributed by atoms with Gasteiger partial charge in [0.05, 0.1) is 10.5 Å². The largest absolute Gasteiger partial charge is 0.490 e. The molecule has 0 spiro atoms. The van der Waals surface area contributed by atoms with Crippen molar-refractivity contribution in [2.24, 2.45) is 16.5 Å². The molecule has 1 heterocycles. The standard InChI is InChI=1S/C13H16ClN5O2/c1-17-13(16)19-12(20)9-6-7-8(14)2-3-10(11(7)18-9)21-5-4-15/h2-3,6,18H,4-5,15H2,1H3,(H3,16,17,19,20). The van der Waals surface area contributed by atoms with Crippen LogP contribution in [0, 0.1) is 0 Å². The molecular formula is C13H16ClN5O2. The number of guanidine groups is 1. The quantitative estimate of drug-likeness (QED) is 0.493. The fourth-order valence-corrected chi connectivity index (χ4v) is 2.00. The van der Waals surface area contributed by atoms with Crippen LogP contribution in [0.2, 0.25) is 5.02 Å². The molecule has 0 fully saturated rings. The Morgan fingerprint density at radius 1 is 1.52 bits per heavy atom. The van der Waals surface area contributed by atoms with Crippen molar-refractivity contribution in [3.05, 3.63) is 28.9 Å². The van der Waals surface area contributed by atoms with Crippen molar-refractivity contribution in [2.45, 2.75) is 0 Å². The lowest BCUT2D eigenvalue weighted by Gasteiger charge is -2.06. The Labute approximate surface area is 126 Å². The number of aromatic amines is 1. The summed E-state index contributed by atoms with van der Waals surface area (Å²) in [4.78, 5) is 18.6. The second-order valence-electron chi connectivity index (χ2n) is 4.21. The zero-order chi connectivity index (χ0) is 15.4. The highest BCUT2D eigenvalue weighted by Gasteiger charge is 2.14. The number of hydrogen-bond acceptors (Lipinski definition) is 3. The van der Waals surface area contributed by atoms with Gasteiger partial charge in [0.15, 0.2) is 5.96 Å². The monoisotopic (exact) mass is 309 g/mol. The summed E-state index contributed by atoms with van der Waals surface area (Å²) >= 11 is 6.13. The Hall–Kier alpha value is -2.25. The van der Waals surface area contributed by atoms with Gasteiger partial charge in [0, 0.05) is 19.0 Å². The summed E-state index contributed by atoms with van der Waals surface area (Å²) in [5.41, 5.74) is 11.8. The molecule has 2 aromatic rings. The van der Waals surface area contributed by atoms with Crippen molar-refractivity contribution in [3.8, 4) is 5.75 Å². The number of amides is 1. The van der Waals surface area contributed by atoms with E-state index in [0.29, 0.717) is 34.8 Å². The first-order valence-electron chi connectivity index (χ1n) is 6.27. The Bertz CT molecular complexity index is 695. The van der Waals surface area contributed by atoms with Gasteiger partial charge in [-0.05, 0) is 18.2 Å². The molecule has 112 valence electrons. The minimum absolute atomic E-state index is 0.0318. The fraction of sp³-hybridized carbons (Fsp3) is 0.231. The number of nitrogens with two attached hydrogens (primary N) is 2. The number of fused-ring (bicyclic) bond motifs is 1. The molecule has 6 N–H and O–H groups in total. The Balaban J connectivity index is 2.44. The normalized spacial score (nSPS) is 11.7. The van der Waals surface area contributed by atoms with E-state index >= 15 is 0 Å². The van der Waals surface area contributed by atoms with Crippen molar-refractivity contribution < 1.29 is 9.53 Å². The van der Waals surface area contributed by atoms with Crippen LogP contribution in [-0.4, -0.2) is 37.1 Å².